The van der Waals surface area contributed by atoms with Gasteiger partial charge in [0.1, 0.15) is 5.84 Å². The number of benzene rings is 2. The molecule has 3 heterocycles. The highest BCUT2D eigenvalue weighted by atomic mass is 32.1. The number of hydrogen-bond donors (Lipinski definition) is 1. The first-order valence-electron chi connectivity index (χ1n) is 13.0. The number of unbranched alkanes of at least 4 members (excludes halogenated alkanes) is 9. The molecule has 2 aromatic carbocycles. The zero-order valence-electron chi connectivity index (χ0n) is 20.4. The fourth-order valence-corrected chi connectivity index (χ4v) is 6.21. The predicted molar refractivity (Wildman–Crippen MR) is 151 cm³/mol. The molecule has 0 atom stereocenters. The van der Waals surface area contributed by atoms with Crippen molar-refractivity contribution in [2.75, 3.05) is 10.2 Å². The minimum absolute atomic E-state index is 0.844. The Hall–Kier alpha value is -2.71. The number of para-hydroxylation sites is 2. The van der Waals surface area contributed by atoms with Crippen molar-refractivity contribution >= 4 is 59.2 Å². The van der Waals surface area contributed by atoms with Gasteiger partial charge in [0.15, 0.2) is 0 Å². The molecule has 0 unspecified atom stereocenters. The highest BCUT2D eigenvalue weighted by Gasteiger charge is 2.30. The lowest BCUT2D eigenvalue weighted by Gasteiger charge is -2.22. The maximum absolute atomic E-state index is 4.94. The summed E-state index contributed by atoms with van der Waals surface area (Å²) < 4.78 is 2.32. The van der Waals surface area contributed by atoms with E-state index in [4.69, 9.17) is 15.1 Å². The van der Waals surface area contributed by atoms with Crippen molar-refractivity contribution in [3.63, 3.8) is 0 Å². The molecule has 6 nitrogen and oxygen atoms in total. The van der Waals surface area contributed by atoms with Crippen molar-refractivity contribution in [3.8, 4) is 0 Å². The molecule has 184 valence electrons. The molecule has 1 aliphatic rings. The van der Waals surface area contributed by atoms with E-state index in [1.807, 2.05) is 22.4 Å². The van der Waals surface area contributed by atoms with E-state index in [0.29, 0.717) is 0 Å². The van der Waals surface area contributed by atoms with Crippen molar-refractivity contribution in [1.82, 2.24) is 15.4 Å². The third kappa shape index (κ3) is 5.93. The fraction of sp³-hybridized carbons (Fsp3) is 0.444. The highest BCUT2D eigenvalue weighted by Crippen LogP contribution is 2.35. The van der Waals surface area contributed by atoms with E-state index >= 15 is 0 Å². The second-order valence-electron chi connectivity index (χ2n) is 9.12. The minimum atomic E-state index is 0.844. The molecule has 35 heavy (non-hydrogen) atoms. The van der Waals surface area contributed by atoms with Crippen molar-refractivity contribution in [3.05, 3.63) is 48.5 Å². The van der Waals surface area contributed by atoms with Gasteiger partial charge in [-0.25, -0.2) is 9.97 Å². The number of nitrogens with one attached hydrogen (secondary N) is 1. The van der Waals surface area contributed by atoms with Gasteiger partial charge in [-0.2, -0.15) is 0 Å². The molecule has 0 aliphatic carbocycles. The molecule has 1 aliphatic heterocycles. The zero-order valence-corrected chi connectivity index (χ0v) is 22.1. The van der Waals surface area contributed by atoms with Gasteiger partial charge >= 0.3 is 0 Å². The molecular weight excluding hydrogens is 472 g/mol. The summed E-state index contributed by atoms with van der Waals surface area (Å²) in [5.74, 6) is 0.975. The molecule has 0 bridgehead atoms. The van der Waals surface area contributed by atoms with Crippen LogP contribution in [0.3, 0.4) is 0 Å². The third-order valence-electron chi connectivity index (χ3n) is 6.32. The van der Waals surface area contributed by atoms with Crippen LogP contribution in [0.4, 0.5) is 10.3 Å². The summed E-state index contributed by atoms with van der Waals surface area (Å²) in [7, 11) is 0. The van der Waals surface area contributed by atoms with Gasteiger partial charge in [0.25, 0.3) is 0 Å². The summed E-state index contributed by atoms with van der Waals surface area (Å²) >= 11 is 3.31. The van der Waals surface area contributed by atoms with Gasteiger partial charge in [0.2, 0.25) is 10.3 Å². The first-order valence-corrected chi connectivity index (χ1v) is 14.6. The summed E-state index contributed by atoms with van der Waals surface area (Å²) in [6.45, 7) is 2.28. The standard InChI is InChI=1S/C27H34N6S2/c1-2-3-4-5-6-7-8-9-10-11-20-25-30-32(26-28-21-16-12-14-18-23(21)34-26)33(31-25)27-29-22-17-13-15-19-24(22)35-27/h12-19H,2-11,20H2,1H3,(H,30,31). The Morgan fingerprint density at radius 2 is 1.23 bits per heavy atom. The van der Waals surface area contributed by atoms with Gasteiger partial charge < -0.3 is 0 Å². The smallest absolute Gasteiger partial charge is 0.231 e. The first kappa shape index (κ1) is 24.0. The number of thiazole rings is 2. The second-order valence-corrected chi connectivity index (χ2v) is 11.1. The molecule has 5 rings (SSSR count). The molecule has 0 saturated heterocycles. The van der Waals surface area contributed by atoms with E-state index < -0.39 is 0 Å². The maximum atomic E-state index is 4.94. The number of anilines is 2. The molecular formula is C27H34N6S2. The Balaban J connectivity index is 1.22. The molecule has 0 fully saturated rings. The topological polar surface area (TPSA) is 56.7 Å². The molecule has 4 aromatic rings. The number of nitrogens with zero attached hydrogens (tertiary/aromatic N) is 5. The van der Waals surface area contributed by atoms with Crippen LogP contribution in [0.25, 0.3) is 20.4 Å². The highest BCUT2D eigenvalue weighted by molar-refractivity contribution is 7.23. The number of hydrazone groups is 1. The largest absolute Gasteiger partial charge is 0.260 e. The SMILES string of the molecule is CCCCCCCCCCCCC1=NN(c2nc3ccccc3s2)N(c2nc3ccccc3s2)N1. The van der Waals surface area contributed by atoms with Gasteiger partial charge in [0.05, 0.1) is 20.4 Å². The van der Waals surface area contributed by atoms with Gasteiger partial charge in [-0.05, 0) is 30.7 Å². The van der Waals surface area contributed by atoms with E-state index in [-0.39, 0.29) is 0 Å². The second kappa shape index (κ2) is 11.8. The zero-order chi connectivity index (χ0) is 23.9. The Morgan fingerprint density at radius 1 is 0.686 bits per heavy atom. The molecule has 1 N–H and O–H groups in total. The maximum Gasteiger partial charge on any atom is 0.231 e. The van der Waals surface area contributed by atoms with Crippen LogP contribution in [0.5, 0.6) is 0 Å². The van der Waals surface area contributed by atoms with Crippen LogP contribution in [0, 0.1) is 0 Å². The van der Waals surface area contributed by atoms with Crippen LogP contribution in [0.2, 0.25) is 0 Å². The number of rotatable bonds is 13. The monoisotopic (exact) mass is 506 g/mol. The third-order valence-corrected chi connectivity index (χ3v) is 8.34. The number of hydrazine groups is 2. The summed E-state index contributed by atoms with van der Waals surface area (Å²) in [5.41, 5.74) is 5.51. The molecule has 0 saturated carbocycles. The number of aromatic nitrogens is 2. The van der Waals surface area contributed by atoms with E-state index in [1.54, 1.807) is 22.7 Å². The van der Waals surface area contributed by atoms with Crippen LogP contribution < -0.4 is 15.7 Å². The average molecular weight is 507 g/mol. The average Bonchev–Trinajstić information content (AvgIpc) is 3.60. The summed E-state index contributed by atoms with van der Waals surface area (Å²) in [6.07, 6.45) is 14.3. The summed E-state index contributed by atoms with van der Waals surface area (Å²) in [4.78, 5) is 9.71. The number of hydrogen-bond acceptors (Lipinski definition) is 8. The van der Waals surface area contributed by atoms with Crippen LogP contribution in [-0.4, -0.2) is 15.8 Å². The van der Waals surface area contributed by atoms with Crippen LogP contribution in [0.1, 0.15) is 77.6 Å². The normalized spacial score (nSPS) is 13.7. The van der Waals surface area contributed by atoms with E-state index in [9.17, 15) is 0 Å². The quantitative estimate of drug-likeness (QED) is 0.185. The van der Waals surface area contributed by atoms with Crippen LogP contribution in [-0.2, 0) is 0 Å². The molecule has 0 amide bonds. The van der Waals surface area contributed by atoms with Crippen LogP contribution >= 0.6 is 22.7 Å². The lowest BCUT2D eigenvalue weighted by molar-refractivity contribution is 0.558. The van der Waals surface area contributed by atoms with Gasteiger partial charge in [-0.3, -0.25) is 5.43 Å². The van der Waals surface area contributed by atoms with Crippen molar-refractivity contribution in [1.29, 1.82) is 0 Å². The van der Waals surface area contributed by atoms with Crippen LogP contribution in [0.15, 0.2) is 53.6 Å². The van der Waals surface area contributed by atoms with E-state index in [2.05, 4.69) is 48.7 Å². The lowest BCUT2D eigenvalue weighted by Crippen LogP contribution is -2.44. The van der Waals surface area contributed by atoms with Gasteiger partial charge in [-0.1, -0.05) is 112 Å². The fourth-order valence-electron chi connectivity index (χ4n) is 4.39. The van der Waals surface area contributed by atoms with Gasteiger partial charge in [-0.15, -0.1) is 15.3 Å². The summed E-state index contributed by atoms with van der Waals surface area (Å²) in [5, 5.41) is 10.5. The predicted octanol–water partition coefficient (Wildman–Crippen LogP) is 8.28. The Morgan fingerprint density at radius 3 is 1.86 bits per heavy atom. The van der Waals surface area contributed by atoms with E-state index in [0.717, 1.165) is 49.4 Å². The lowest BCUT2D eigenvalue weighted by atomic mass is 10.1. The van der Waals surface area contributed by atoms with Crippen molar-refractivity contribution in [2.45, 2.75) is 77.6 Å². The molecule has 8 heteroatoms. The van der Waals surface area contributed by atoms with Crippen molar-refractivity contribution in [2.24, 2.45) is 5.10 Å². The molecule has 0 radical (unpaired) electrons. The Kier molecular flexibility index (Phi) is 8.10. The molecule has 2 aromatic heterocycles. The summed E-state index contributed by atoms with van der Waals surface area (Å²) in [6, 6.07) is 16.5. The first-order chi connectivity index (χ1) is 17.3. The Labute approximate surface area is 215 Å². The van der Waals surface area contributed by atoms with E-state index in [1.165, 1.54) is 57.8 Å². The Bertz CT molecular complexity index is 1200. The van der Waals surface area contributed by atoms with Crippen molar-refractivity contribution < 1.29 is 0 Å². The number of fused-ring (bicyclic) bond motifs is 2. The number of amidine groups is 1. The minimum Gasteiger partial charge on any atom is -0.260 e. The molecule has 0 spiro atoms. The van der Waals surface area contributed by atoms with Gasteiger partial charge in [0, 0.05) is 6.42 Å².